The van der Waals surface area contributed by atoms with Gasteiger partial charge in [-0.05, 0) is 43.7 Å². The van der Waals surface area contributed by atoms with Crippen molar-refractivity contribution < 1.29 is 14.5 Å². The van der Waals surface area contributed by atoms with Crippen molar-refractivity contribution in [2.75, 3.05) is 0 Å². The summed E-state index contributed by atoms with van der Waals surface area (Å²) in [5.74, 6) is 0.899. The Kier molecular flexibility index (Phi) is 5.80. The molecule has 4 atom stereocenters. The van der Waals surface area contributed by atoms with Crippen LogP contribution in [-0.2, 0) is 4.79 Å². The molecule has 1 aromatic carbocycles. The smallest absolute Gasteiger partial charge is 0.311 e. The molecule has 0 spiro atoms. The summed E-state index contributed by atoms with van der Waals surface area (Å²) in [5.41, 5.74) is 0.658. The van der Waals surface area contributed by atoms with Gasteiger partial charge in [-0.15, -0.1) is 0 Å². The fourth-order valence-corrected chi connectivity index (χ4v) is 3.20. The van der Waals surface area contributed by atoms with Gasteiger partial charge >= 0.3 is 5.69 Å². The second kappa shape index (κ2) is 7.64. The highest BCUT2D eigenvalue weighted by atomic mass is 16.6. The number of nitro groups is 1. The zero-order valence-corrected chi connectivity index (χ0v) is 14.7. The summed E-state index contributed by atoms with van der Waals surface area (Å²) in [6, 6.07) is 4.87. The van der Waals surface area contributed by atoms with Crippen LogP contribution in [0.3, 0.4) is 0 Å². The molecule has 0 aliphatic heterocycles. The van der Waals surface area contributed by atoms with Crippen LogP contribution >= 0.6 is 0 Å². The molecular formula is C18H26N2O4. The molecule has 2 rings (SSSR count). The Balaban J connectivity index is 2.03. The summed E-state index contributed by atoms with van der Waals surface area (Å²) < 4.78 is 5.57. The molecular weight excluding hydrogens is 308 g/mol. The molecule has 1 aliphatic rings. The van der Waals surface area contributed by atoms with Crippen molar-refractivity contribution in [3.63, 3.8) is 0 Å². The number of benzene rings is 1. The fourth-order valence-electron chi connectivity index (χ4n) is 3.20. The fraction of sp³-hybridized carbons (Fsp3) is 0.611. The number of aryl methyl sites for hydroxylation is 1. The van der Waals surface area contributed by atoms with E-state index in [4.69, 9.17) is 4.74 Å². The molecule has 0 aromatic heterocycles. The minimum absolute atomic E-state index is 0.116. The van der Waals surface area contributed by atoms with Gasteiger partial charge in [-0.3, -0.25) is 14.9 Å². The molecule has 0 bridgehead atoms. The zero-order valence-electron chi connectivity index (χ0n) is 14.7. The third kappa shape index (κ3) is 4.24. The Morgan fingerprint density at radius 1 is 1.38 bits per heavy atom. The van der Waals surface area contributed by atoms with E-state index < -0.39 is 11.0 Å². The highest BCUT2D eigenvalue weighted by Gasteiger charge is 2.30. The van der Waals surface area contributed by atoms with Crippen LogP contribution in [0.25, 0.3) is 0 Å². The first-order valence-corrected chi connectivity index (χ1v) is 8.51. The summed E-state index contributed by atoms with van der Waals surface area (Å²) >= 11 is 0. The van der Waals surface area contributed by atoms with Gasteiger partial charge in [0.1, 0.15) is 0 Å². The monoisotopic (exact) mass is 334 g/mol. The predicted octanol–water partition coefficient (Wildman–Crippen LogP) is 3.61. The number of nitrogens with zero attached hydrogens (tertiary/aromatic N) is 1. The molecule has 1 N–H and O–H groups in total. The molecule has 1 aliphatic carbocycles. The van der Waals surface area contributed by atoms with E-state index in [1.807, 2.05) is 0 Å². The molecule has 6 nitrogen and oxygen atoms in total. The number of nitro benzene ring substituents is 1. The molecule has 1 fully saturated rings. The van der Waals surface area contributed by atoms with Crippen molar-refractivity contribution in [1.82, 2.24) is 5.32 Å². The number of hydrogen-bond acceptors (Lipinski definition) is 4. The second-order valence-corrected chi connectivity index (χ2v) is 6.87. The first-order chi connectivity index (χ1) is 11.3. The second-order valence-electron chi connectivity index (χ2n) is 6.87. The summed E-state index contributed by atoms with van der Waals surface area (Å²) in [6.07, 6.45) is 2.48. The van der Waals surface area contributed by atoms with Gasteiger partial charge in [-0.2, -0.15) is 0 Å². The third-order valence-electron chi connectivity index (χ3n) is 5.02. The Morgan fingerprint density at radius 3 is 2.75 bits per heavy atom. The minimum atomic E-state index is -0.782. The van der Waals surface area contributed by atoms with Crippen LogP contribution in [-0.4, -0.2) is 23.0 Å². The van der Waals surface area contributed by atoms with E-state index in [0.29, 0.717) is 11.8 Å². The van der Waals surface area contributed by atoms with Crippen molar-refractivity contribution in [2.24, 2.45) is 11.8 Å². The molecule has 6 heteroatoms. The van der Waals surface area contributed by atoms with Crippen LogP contribution < -0.4 is 10.1 Å². The van der Waals surface area contributed by atoms with Crippen molar-refractivity contribution in [3.05, 3.63) is 33.9 Å². The largest absolute Gasteiger partial charge is 0.474 e. The summed E-state index contributed by atoms with van der Waals surface area (Å²) in [7, 11) is 0. The lowest BCUT2D eigenvalue weighted by Gasteiger charge is -2.35. The maximum Gasteiger partial charge on any atom is 0.311 e. The molecule has 0 radical (unpaired) electrons. The Hall–Kier alpha value is -2.11. The van der Waals surface area contributed by atoms with E-state index in [2.05, 4.69) is 19.2 Å². The van der Waals surface area contributed by atoms with Crippen LogP contribution in [0, 0.1) is 28.9 Å². The van der Waals surface area contributed by atoms with Gasteiger partial charge < -0.3 is 10.1 Å². The lowest BCUT2D eigenvalue weighted by molar-refractivity contribution is -0.386. The van der Waals surface area contributed by atoms with E-state index in [9.17, 15) is 14.9 Å². The molecule has 0 heterocycles. The van der Waals surface area contributed by atoms with E-state index in [1.54, 1.807) is 26.0 Å². The maximum absolute atomic E-state index is 12.4. The van der Waals surface area contributed by atoms with Crippen LogP contribution in [0.2, 0.25) is 0 Å². The van der Waals surface area contributed by atoms with Crippen molar-refractivity contribution >= 4 is 11.6 Å². The molecule has 1 aromatic rings. The van der Waals surface area contributed by atoms with Crippen LogP contribution in [0.5, 0.6) is 5.75 Å². The van der Waals surface area contributed by atoms with Gasteiger partial charge in [0.2, 0.25) is 0 Å². The number of ether oxygens (including phenoxy) is 1. The summed E-state index contributed by atoms with van der Waals surface area (Å²) in [5, 5.41) is 14.2. The van der Waals surface area contributed by atoms with Crippen molar-refractivity contribution in [1.29, 1.82) is 0 Å². The van der Waals surface area contributed by atoms with E-state index >= 15 is 0 Å². The van der Waals surface area contributed by atoms with Gasteiger partial charge in [0.25, 0.3) is 5.91 Å². The summed E-state index contributed by atoms with van der Waals surface area (Å²) in [6.45, 7) is 7.76. The zero-order chi connectivity index (χ0) is 17.9. The van der Waals surface area contributed by atoms with Gasteiger partial charge in [-0.1, -0.05) is 32.8 Å². The molecule has 24 heavy (non-hydrogen) atoms. The highest BCUT2D eigenvalue weighted by molar-refractivity contribution is 5.81. The lowest BCUT2D eigenvalue weighted by Crippen LogP contribution is -2.48. The standard InChI is InChI=1S/C18H26N2O4/c1-11-8-9-17(16(10-11)20(22)23)24-14(4)18(21)19-15-7-5-6-12(2)13(15)3/h8-10,12-15H,5-7H2,1-4H3,(H,19,21)/t12-,13-,14+,15-/m0/s1. The molecule has 1 amide bonds. The van der Waals surface area contributed by atoms with Crippen molar-refractivity contribution in [2.45, 2.75) is 59.1 Å². The van der Waals surface area contributed by atoms with Gasteiger partial charge in [-0.25, -0.2) is 0 Å². The Labute approximate surface area is 142 Å². The van der Waals surface area contributed by atoms with Crippen LogP contribution in [0.1, 0.15) is 45.6 Å². The first kappa shape index (κ1) is 18.2. The number of hydrogen-bond donors (Lipinski definition) is 1. The number of rotatable bonds is 5. The average molecular weight is 334 g/mol. The number of nitrogens with one attached hydrogen (secondary N) is 1. The number of amides is 1. The number of carbonyl (C=O) groups is 1. The van der Waals surface area contributed by atoms with Crippen LogP contribution in [0.15, 0.2) is 18.2 Å². The summed E-state index contributed by atoms with van der Waals surface area (Å²) in [4.78, 5) is 23.1. The average Bonchev–Trinajstić information content (AvgIpc) is 2.53. The topological polar surface area (TPSA) is 81.5 Å². The Bertz CT molecular complexity index is 617. The quantitative estimate of drug-likeness (QED) is 0.659. The van der Waals surface area contributed by atoms with Gasteiger partial charge in [0.15, 0.2) is 11.9 Å². The number of carbonyl (C=O) groups excluding carboxylic acids is 1. The highest BCUT2D eigenvalue weighted by Crippen LogP contribution is 2.30. The van der Waals surface area contributed by atoms with E-state index in [-0.39, 0.29) is 23.4 Å². The first-order valence-electron chi connectivity index (χ1n) is 8.51. The third-order valence-corrected chi connectivity index (χ3v) is 5.02. The SMILES string of the molecule is Cc1ccc(O[C@H](C)C(=O)N[C@H]2CCC[C@H](C)[C@@H]2C)c([N+](=O)[O-])c1. The molecule has 1 saturated carbocycles. The predicted molar refractivity (Wildman–Crippen MR) is 92.0 cm³/mol. The normalized spacial score (nSPS) is 24.9. The lowest BCUT2D eigenvalue weighted by atomic mass is 9.78. The minimum Gasteiger partial charge on any atom is -0.474 e. The van der Waals surface area contributed by atoms with Crippen LogP contribution in [0.4, 0.5) is 5.69 Å². The van der Waals surface area contributed by atoms with E-state index in [0.717, 1.165) is 18.4 Å². The van der Waals surface area contributed by atoms with Crippen molar-refractivity contribution in [3.8, 4) is 5.75 Å². The van der Waals surface area contributed by atoms with E-state index in [1.165, 1.54) is 12.5 Å². The molecule has 0 saturated heterocycles. The molecule has 0 unspecified atom stereocenters. The molecule has 132 valence electrons. The Morgan fingerprint density at radius 2 is 2.08 bits per heavy atom. The maximum atomic E-state index is 12.4. The van der Waals surface area contributed by atoms with Gasteiger partial charge in [0.05, 0.1) is 4.92 Å². The van der Waals surface area contributed by atoms with Gasteiger partial charge in [0, 0.05) is 12.1 Å².